The Morgan fingerprint density at radius 2 is 1.71 bits per heavy atom. The monoisotopic (exact) mass is 428 g/mol. The Balaban J connectivity index is 1.45. The second kappa shape index (κ2) is 7.93. The maximum Gasteiger partial charge on any atom is 0.268 e. The van der Waals surface area contributed by atoms with Crippen LogP contribution in [0.15, 0.2) is 78.9 Å². The summed E-state index contributed by atoms with van der Waals surface area (Å²) in [5.74, 6) is 0.656. The number of rotatable bonds is 5. The number of nitrogens with one attached hydrogen (secondary N) is 1. The number of hydrogen-bond acceptors (Lipinski definition) is 2. The molecule has 0 bridgehead atoms. The van der Waals surface area contributed by atoms with Gasteiger partial charge >= 0.3 is 0 Å². The van der Waals surface area contributed by atoms with Gasteiger partial charge in [0.25, 0.3) is 5.91 Å². The SMILES string of the molecule is Cn1c(C(=O)NCc2nc3ccccc3n2Cc2ccccc2)cc2c(Cl)cccc21. The molecule has 0 fully saturated rings. The predicted molar refractivity (Wildman–Crippen MR) is 124 cm³/mol. The molecular weight excluding hydrogens is 408 g/mol. The van der Waals surface area contributed by atoms with E-state index in [0.29, 0.717) is 23.8 Å². The van der Waals surface area contributed by atoms with Crippen LogP contribution in [0.1, 0.15) is 21.9 Å². The van der Waals surface area contributed by atoms with E-state index in [9.17, 15) is 4.79 Å². The van der Waals surface area contributed by atoms with E-state index in [4.69, 9.17) is 16.6 Å². The van der Waals surface area contributed by atoms with Gasteiger partial charge in [-0.15, -0.1) is 0 Å². The van der Waals surface area contributed by atoms with Crippen molar-refractivity contribution in [2.24, 2.45) is 7.05 Å². The Labute approximate surface area is 184 Å². The summed E-state index contributed by atoms with van der Waals surface area (Å²) in [7, 11) is 1.87. The van der Waals surface area contributed by atoms with Crippen LogP contribution >= 0.6 is 11.6 Å². The van der Waals surface area contributed by atoms with Gasteiger partial charge in [0.1, 0.15) is 11.5 Å². The molecular formula is C25H21ClN4O. The van der Waals surface area contributed by atoms with Crippen molar-refractivity contribution in [3.63, 3.8) is 0 Å². The number of carbonyl (C=O) groups is 1. The summed E-state index contributed by atoms with van der Waals surface area (Å²) in [6, 6.07) is 25.8. The fraction of sp³-hybridized carbons (Fsp3) is 0.120. The van der Waals surface area contributed by atoms with Crippen LogP contribution in [0.4, 0.5) is 0 Å². The molecule has 154 valence electrons. The number of para-hydroxylation sites is 2. The summed E-state index contributed by atoms with van der Waals surface area (Å²) >= 11 is 6.30. The van der Waals surface area contributed by atoms with E-state index < -0.39 is 0 Å². The van der Waals surface area contributed by atoms with Crippen molar-refractivity contribution in [1.82, 2.24) is 19.4 Å². The normalized spacial score (nSPS) is 11.3. The van der Waals surface area contributed by atoms with Crippen molar-refractivity contribution in [2.75, 3.05) is 0 Å². The zero-order valence-corrected chi connectivity index (χ0v) is 17.8. The summed E-state index contributed by atoms with van der Waals surface area (Å²) in [4.78, 5) is 17.8. The van der Waals surface area contributed by atoms with E-state index in [-0.39, 0.29) is 5.91 Å². The third-order valence-corrected chi connectivity index (χ3v) is 5.92. The number of aromatic nitrogens is 3. The molecule has 6 heteroatoms. The third-order valence-electron chi connectivity index (χ3n) is 5.59. The minimum absolute atomic E-state index is 0.159. The quantitative estimate of drug-likeness (QED) is 0.420. The molecule has 31 heavy (non-hydrogen) atoms. The number of carbonyl (C=O) groups excluding carboxylic acids is 1. The van der Waals surface area contributed by atoms with E-state index in [1.165, 1.54) is 5.56 Å². The zero-order valence-electron chi connectivity index (χ0n) is 17.0. The summed E-state index contributed by atoms with van der Waals surface area (Å²) in [6.07, 6.45) is 0. The van der Waals surface area contributed by atoms with Crippen LogP contribution in [0.3, 0.4) is 0 Å². The van der Waals surface area contributed by atoms with Crippen molar-refractivity contribution < 1.29 is 4.79 Å². The van der Waals surface area contributed by atoms with E-state index in [2.05, 4.69) is 28.1 Å². The van der Waals surface area contributed by atoms with Gasteiger partial charge in [0, 0.05) is 29.5 Å². The standard InChI is InChI=1S/C25H21ClN4O/c1-29-21-13-7-10-19(26)18(21)14-23(29)25(31)27-15-24-28-20-11-5-6-12-22(20)30(24)16-17-8-3-2-4-9-17/h2-14H,15-16H2,1H3,(H,27,31). The molecule has 0 unspecified atom stereocenters. The molecule has 0 aliphatic heterocycles. The number of aryl methyl sites for hydroxylation is 1. The van der Waals surface area contributed by atoms with Crippen molar-refractivity contribution in [1.29, 1.82) is 0 Å². The van der Waals surface area contributed by atoms with Gasteiger partial charge in [-0.05, 0) is 35.9 Å². The molecule has 0 radical (unpaired) electrons. The van der Waals surface area contributed by atoms with E-state index >= 15 is 0 Å². The van der Waals surface area contributed by atoms with Gasteiger partial charge in [0.2, 0.25) is 0 Å². The fourth-order valence-electron chi connectivity index (χ4n) is 3.99. The summed E-state index contributed by atoms with van der Waals surface area (Å²) in [5.41, 5.74) is 4.63. The second-order valence-electron chi connectivity index (χ2n) is 7.53. The number of hydrogen-bond donors (Lipinski definition) is 1. The van der Waals surface area contributed by atoms with Gasteiger partial charge in [-0.2, -0.15) is 0 Å². The lowest BCUT2D eigenvalue weighted by Gasteiger charge is -2.11. The second-order valence-corrected chi connectivity index (χ2v) is 7.94. The van der Waals surface area contributed by atoms with Gasteiger partial charge in [-0.1, -0.05) is 60.1 Å². The molecule has 5 aromatic rings. The molecule has 0 atom stereocenters. The summed E-state index contributed by atoms with van der Waals surface area (Å²) in [5, 5.41) is 4.54. The van der Waals surface area contributed by atoms with Gasteiger partial charge in [0.15, 0.2) is 0 Å². The summed E-state index contributed by atoms with van der Waals surface area (Å²) < 4.78 is 4.02. The third kappa shape index (κ3) is 3.57. The number of halogens is 1. The highest BCUT2D eigenvalue weighted by atomic mass is 35.5. The first-order valence-electron chi connectivity index (χ1n) is 10.1. The average Bonchev–Trinajstić information content (AvgIpc) is 3.32. The maximum atomic E-state index is 13.0. The highest BCUT2D eigenvalue weighted by molar-refractivity contribution is 6.35. The number of amides is 1. The molecule has 1 amide bonds. The minimum Gasteiger partial charge on any atom is -0.344 e. The molecule has 2 aromatic heterocycles. The number of benzene rings is 3. The van der Waals surface area contributed by atoms with Crippen LogP contribution in [-0.2, 0) is 20.1 Å². The predicted octanol–water partition coefficient (Wildman–Crippen LogP) is 5.16. The molecule has 5 nitrogen and oxygen atoms in total. The Kier molecular flexibility index (Phi) is 4.96. The molecule has 0 saturated heterocycles. The van der Waals surface area contributed by atoms with Crippen molar-refractivity contribution >= 4 is 39.4 Å². The Morgan fingerprint density at radius 1 is 0.968 bits per heavy atom. The lowest BCUT2D eigenvalue weighted by molar-refractivity contribution is 0.0942. The molecule has 5 rings (SSSR count). The van der Waals surface area contributed by atoms with Gasteiger partial charge in [-0.25, -0.2) is 4.98 Å². The van der Waals surface area contributed by atoms with Gasteiger partial charge in [0.05, 0.1) is 17.6 Å². The molecule has 0 spiro atoms. The molecule has 0 aliphatic carbocycles. The first-order valence-corrected chi connectivity index (χ1v) is 10.5. The number of fused-ring (bicyclic) bond motifs is 2. The summed E-state index contributed by atoms with van der Waals surface area (Å²) in [6.45, 7) is 1.02. The van der Waals surface area contributed by atoms with Crippen LogP contribution in [-0.4, -0.2) is 20.0 Å². The highest BCUT2D eigenvalue weighted by Gasteiger charge is 2.17. The van der Waals surface area contributed by atoms with E-state index in [0.717, 1.165) is 27.8 Å². The number of imidazole rings is 1. The van der Waals surface area contributed by atoms with E-state index in [1.807, 2.05) is 72.3 Å². The Bertz CT molecular complexity index is 1400. The minimum atomic E-state index is -0.159. The van der Waals surface area contributed by atoms with Gasteiger partial charge < -0.3 is 14.5 Å². The van der Waals surface area contributed by atoms with Crippen LogP contribution in [0.25, 0.3) is 21.9 Å². The Morgan fingerprint density at radius 3 is 2.52 bits per heavy atom. The van der Waals surface area contributed by atoms with Gasteiger partial charge in [-0.3, -0.25) is 4.79 Å². The van der Waals surface area contributed by atoms with Crippen molar-refractivity contribution in [2.45, 2.75) is 13.1 Å². The van der Waals surface area contributed by atoms with Crippen LogP contribution < -0.4 is 5.32 Å². The molecule has 0 saturated carbocycles. The zero-order chi connectivity index (χ0) is 21.4. The van der Waals surface area contributed by atoms with E-state index in [1.54, 1.807) is 0 Å². The van der Waals surface area contributed by atoms with Crippen LogP contribution in [0, 0.1) is 0 Å². The molecule has 2 heterocycles. The lowest BCUT2D eigenvalue weighted by Crippen LogP contribution is -2.26. The molecule has 0 aliphatic rings. The molecule has 3 aromatic carbocycles. The number of nitrogens with zero attached hydrogens (tertiary/aromatic N) is 3. The highest BCUT2D eigenvalue weighted by Crippen LogP contribution is 2.26. The largest absolute Gasteiger partial charge is 0.344 e. The topological polar surface area (TPSA) is 51.9 Å². The average molecular weight is 429 g/mol. The first kappa shape index (κ1) is 19.4. The first-order chi connectivity index (χ1) is 15.1. The molecule has 1 N–H and O–H groups in total. The van der Waals surface area contributed by atoms with Crippen LogP contribution in [0.2, 0.25) is 5.02 Å². The van der Waals surface area contributed by atoms with Crippen molar-refractivity contribution in [3.05, 3.63) is 101 Å². The Hall–Kier alpha value is -3.57. The maximum absolute atomic E-state index is 13.0. The fourth-order valence-corrected chi connectivity index (χ4v) is 4.22. The smallest absolute Gasteiger partial charge is 0.268 e. The van der Waals surface area contributed by atoms with Crippen LogP contribution in [0.5, 0.6) is 0 Å². The van der Waals surface area contributed by atoms with Crippen molar-refractivity contribution in [3.8, 4) is 0 Å². The lowest BCUT2D eigenvalue weighted by atomic mass is 10.2.